The van der Waals surface area contributed by atoms with Crippen LogP contribution in [-0.4, -0.2) is 34.2 Å². The second kappa shape index (κ2) is 5.63. The fraction of sp³-hybridized carbons (Fsp3) is 0.429. The minimum Gasteiger partial charge on any atom is -0.419 e. The molecule has 0 saturated carbocycles. The maximum atomic E-state index is 6.02. The Morgan fingerprint density at radius 1 is 1.35 bits per heavy atom. The molecular weight excluding hydrogens is 320 g/mol. The number of likely N-dealkylation sites (tertiary alicyclic amines) is 1. The number of nitrogens with two attached hydrogens (primary N) is 1. The highest BCUT2D eigenvalue weighted by Gasteiger charge is 2.27. The van der Waals surface area contributed by atoms with Gasteiger partial charge in [-0.1, -0.05) is 19.1 Å². The van der Waals surface area contributed by atoms with Crippen molar-refractivity contribution in [2.24, 2.45) is 11.7 Å². The normalized spacial score (nSPS) is 23.4. The van der Waals surface area contributed by atoms with E-state index in [2.05, 4.69) is 38.0 Å². The molecule has 1 aliphatic rings. The zero-order chi connectivity index (χ0) is 14.1. The largest absolute Gasteiger partial charge is 0.419 e. The molecule has 1 aromatic carbocycles. The minimum atomic E-state index is 0.237. The van der Waals surface area contributed by atoms with Crippen LogP contribution in [0, 0.1) is 5.92 Å². The van der Waals surface area contributed by atoms with Crippen molar-refractivity contribution >= 4 is 15.9 Å². The zero-order valence-corrected chi connectivity index (χ0v) is 12.9. The van der Waals surface area contributed by atoms with Crippen LogP contribution in [0.25, 0.3) is 11.5 Å². The van der Waals surface area contributed by atoms with E-state index < -0.39 is 0 Å². The summed E-state index contributed by atoms with van der Waals surface area (Å²) in [6.45, 7) is 4.70. The molecule has 5 nitrogen and oxygen atoms in total. The van der Waals surface area contributed by atoms with Gasteiger partial charge in [0.15, 0.2) is 0 Å². The molecule has 20 heavy (non-hydrogen) atoms. The highest BCUT2D eigenvalue weighted by atomic mass is 79.9. The van der Waals surface area contributed by atoms with Crippen molar-refractivity contribution in [2.75, 3.05) is 13.1 Å². The van der Waals surface area contributed by atoms with E-state index in [0.29, 0.717) is 24.2 Å². The monoisotopic (exact) mass is 336 g/mol. The number of nitrogens with zero attached hydrogens (tertiary/aromatic N) is 3. The van der Waals surface area contributed by atoms with Gasteiger partial charge in [-0.3, -0.25) is 4.90 Å². The molecule has 3 rings (SSSR count). The van der Waals surface area contributed by atoms with Crippen LogP contribution >= 0.6 is 15.9 Å². The molecule has 1 fully saturated rings. The van der Waals surface area contributed by atoms with Crippen molar-refractivity contribution in [2.45, 2.75) is 19.5 Å². The summed E-state index contributed by atoms with van der Waals surface area (Å²) in [6, 6.07) is 8.05. The summed E-state index contributed by atoms with van der Waals surface area (Å²) < 4.78 is 6.70. The first-order valence-electron chi connectivity index (χ1n) is 6.68. The third kappa shape index (κ3) is 2.77. The summed E-state index contributed by atoms with van der Waals surface area (Å²) in [5.74, 6) is 1.70. The van der Waals surface area contributed by atoms with E-state index >= 15 is 0 Å². The quantitative estimate of drug-likeness (QED) is 0.931. The van der Waals surface area contributed by atoms with Crippen LogP contribution in [0.3, 0.4) is 0 Å². The van der Waals surface area contributed by atoms with Crippen LogP contribution in [0.4, 0.5) is 0 Å². The predicted molar refractivity (Wildman–Crippen MR) is 79.9 cm³/mol. The lowest BCUT2D eigenvalue weighted by Crippen LogP contribution is -2.28. The molecule has 2 N–H and O–H groups in total. The van der Waals surface area contributed by atoms with E-state index in [0.717, 1.165) is 23.1 Å². The Balaban J connectivity index is 1.73. The lowest BCUT2D eigenvalue weighted by molar-refractivity contribution is 0.283. The van der Waals surface area contributed by atoms with Gasteiger partial charge < -0.3 is 10.2 Å². The van der Waals surface area contributed by atoms with Gasteiger partial charge in [0.1, 0.15) is 0 Å². The number of hydrogen-bond donors (Lipinski definition) is 1. The standard InChI is InChI=1S/C14H17BrN4O/c1-9-6-19(7-12(9)16)8-13-17-18-14(20-13)10-4-2-3-5-11(10)15/h2-5,9,12H,6-8,16H2,1H3. The molecule has 0 bridgehead atoms. The number of benzene rings is 1. The fourth-order valence-corrected chi connectivity index (χ4v) is 2.93. The highest BCUT2D eigenvalue weighted by Crippen LogP contribution is 2.27. The Morgan fingerprint density at radius 2 is 2.15 bits per heavy atom. The van der Waals surface area contributed by atoms with Crippen molar-refractivity contribution < 1.29 is 4.42 Å². The van der Waals surface area contributed by atoms with Crippen LogP contribution in [0.2, 0.25) is 0 Å². The Kier molecular flexibility index (Phi) is 3.87. The van der Waals surface area contributed by atoms with Crippen molar-refractivity contribution in [1.29, 1.82) is 0 Å². The molecular formula is C14H17BrN4O. The molecule has 0 radical (unpaired) electrons. The first kappa shape index (κ1) is 13.7. The molecule has 6 heteroatoms. The van der Waals surface area contributed by atoms with Gasteiger partial charge in [0.05, 0.1) is 12.1 Å². The molecule has 2 atom stereocenters. The van der Waals surface area contributed by atoms with E-state index in [-0.39, 0.29) is 6.04 Å². The lowest BCUT2D eigenvalue weighted by atomic mass is 10.1. The van der Waals surface area contributed by atoms with Crippen LogP contribution < -0.4 is 5.73 Å². The molecule has 2 heterocycles. The van der Waals surface area contributed by atoms with Crippen molar-refractivity contribution in [3.63, 3.8) is 0 Å². The minimum absolute atomic E-state index is 0.237. The Morgan fingerprint density at radius 3 is 2.85 bits per heavy atom. The first-order chi connectivity index (χ1) is 9.63. The van der Waals surface area contributed by atoms with Crippen LogP contribution in [-0.2, 0) is 6.54 Å². The van der Waals surface area contributed by atoms with E-state index in [1.54, 1.807) is 0 Å². The SMILES string of the molecule is CC1CN(Cc2nnc(-c3ccccc3Br)o2)CC1N. The van der Waals surface area contributed by atoms with E-state index in [1.807, 2.05) is 24.3 Å². The molecule has 0 amide bonds. The molecule has 2 unspecified atom stereocenters. The van der Waals surface area contributed by atoms with Gasteiger partial charge in [-0.2, -0.15) is 0 Å². The molecule has 1 saturated heterocycles. The van der Waals surface area contributed by atoms with Gasteiger partial charge in [-0.25, -0.2) is 0 Å². The van der Waals surface area contributed by atoms with Crippen LogP contribution in [0.5, 0.6) is 0 Å². The smallest absolute Gasteiger partial charge is 0.248 e. The van der Waals surface area contributed by atoms with Gasteiger partial charge in [-0.15, -0.1) is 10.2 Å². The molecule has 1 aromatic heterocycles. The van der Waals surface area contributed by atoms with Crippen molar-refractivity contribution in [1.82, 2.24) is 15.1 Å². The first-order valence-corrected chi connectivity index (χ1v) is 7.48. The van der Waals surface area contributed by atoms with E-state index in [1.165, 1.54) is 0 Å². The fourth-order valence-electron chi connectivity index (χ4n) is 2.48. The summed E-state index contributed by atoms with van der Waals surface area (Å²) in [7, 11) is 0. The average Bonchev–Trinajstić information content (AvgIpc) is 2.98. The summed E-state index contributed by atoms with van der Waals surface area (Å²) in [5, 5.41) is 8.25. The van der Waals surface area contributed by atoms with Crippen LogP contribution in [0.1, 0.15) is 12.8 Å². The zero-order valence-electron chi connectivity index (χ0n) is 11.3. The van der Waals surface area contributed by atoms with E-state index in [9.17, 15) is 0 Å². The predicted octanol–water partition coefficient (Wildman–Crippen LogP) is 2.28. The highest BCUT2D eigenvalue weighted by molar-refractivity contribution is 9.10. The number of halogens is 1. The number of aromatic nitrogens is 2. The van der Waals surface area contributed by atoms with Crippen molar-refractivity contribution in [3.8, 4) is 11.5 Å². The van der Waals surface area contributed by atoms with E-state index in [4.69, 9.17) is 10.2 Å². The third-order valence-corrected chi connectivity index (χ3v) is 4.37. The van der Waals surface area contributed by atoms with Gasteiger partial charge >= 0.3 is 0 Å². The van der Waals surface area contributed by atoms with Gasteiger partial charge in [0.2, 0.25) is 11.8 Å². The summed E-state index contributed by atoms with van der Waals surface area (Å²) in [4.78, 5) is 2.26. The van der Waals surface area contributed by atoms with Gasteiger partial charge in [-0.05, 0) is 34.0 Å². The molecule has 1 aliphatic heterocycles. The third-order valence-electron chi connectivity index (χ3n) is 3.68. The van der Waals surface area contributed by atoms with Gasteiger partial charge in [0, 0.05) is 23.6 Å². The maximum absolute atomic E-state index is 6.02. The topological polar surface area (TPSA) is 68.2 Å². The lowest BCUT2D eigenvalue weighted by Gasteiger charge is -2.11. The maximum Gasteiger partial charge on any atom is 0.248 e. The summed E-state index contributed by atoms with van der Waals surface area (Å²) in [5.41, 5.74) is 6.94. The summed E-state index contributed by atoms with van der Waals surface area (Å²) in [6.07, 6.45) is 0. The van der Waals surface area contributed by atoms with Gasteiger partial charge in [0.25, 0.3) is 0 Å². The Hall–Kier alpha value is -1.24. The molecule has 0 aliphatic carbocycles. The Bertz CT molecular complexity index is 590. The molecule has 0 spiro atoms. The second-order valence-corrected chi connectivity index (χ2v) is 6.17. The van der Waals surface area contributed by atoms with Crippen molar-refractivity contribution in [3.05, 3.63) is 34.6 Å². The number of rotatable bonds is 3. The molecule has 106 valence electrons. The second-order valence-electron chi connectivity index (χ2n) is 5.32. The van der Waals surface area contributed by atoms with Crippen LogP contribution in [0.15, 0.2) is 33.2 Å². The Labute approximate surface area is 126 Å². The number of hydrogen-bond acceptors (Lipinski definition) is 5. The average molecular weight is 337 g/mol. The molecule has 2 aromatic rings. The summed E-state index contributed by atoms with van der Waals surface area (Å²) >= 11 is 3.49.